The second-order valence-electron chi connectivity index (χ2n) is 4.52. The number of amides is 1. The van der Waals surface area contributed by atoms with Crippen molar-refractivity contribution < 1.29 is 4.79 Å². The molecule has 0 spiro atoms. The number of rotatable bonds is 2. The van der Waals surface area contributed by atoms with E-state index in [1.165, 1.54) is 0 Å². The van der Waals surface area contributed by atoms with Gasteiger partial charge in [0.25, 0.3) is 5.91 Å². The normalized spacial score (nSPS) is 19.4. The molecular weight excluding hydrogens is 230 g/mol. The molecule has 1 saturated heterocycles. The van der Waals surface area contributed by atoms with E-state index in [1.807, 2.05) is 21.8 Å². The Bertz CT molecular complexity index is 545. The number of aryl methyl sites for hydroxylation is 1. The molecule has 94 valence electrons. The van der Waals surface area contributed by atoms with Gasteiger partial charge in [0.1, 0.15) is 5.69 Å². The summed E-state index contributed by atoms with van der Waals surface area (Å²) < 4.78 is 3.54. The first-order valence-corrected chi connectivity index (χ1v) is 6.02. The molecule has 0 saturated carbocycles. The Hall–Kier alpha value is -2.11. The highest BCUT2D eigenvalue weighted by Gasteiger charge is 2.29. The van der Waals surface area contributed by atoms with Gasteiger partial charge >= 0.3 is 0 Å². The van der Waals surface area contributed by atoms with Crippen LogP contribution < -0.4 is 0 Å². The Morgan fingerprint density at radius 1 is 1.39 bits per heavy atom. The maximum Gasteiger partial charge on any atom is 0.272 e. The van der Waals surface area contributed by atoms with Gasteiger partial charge in [-0.25, -0.2) is 0 Å². The van der Waals surface area contributed by atoms with Crippen molar-refractivity contribution in [1.29, 1.82) is 0 Å². The van der Waals surface area contributed by atoms with Gasteiger partial charge in [0.2, 0.25) is 0 Å². The second-order valence-corrected chi connectivity index (χ2v) is 4.52. The average Bonchev–Trinajstić information content (AvgIpc) is 3.09. The lowest BCUT2D eigenvalue weighted by atomic mass is 10.3. The van der Waals surface area contributed by atoms with Gasteiger partial charge < -0.3 is 4.90 Å². The molecule has 6 nitrogen and oxygen atoms in total. The van der Waals surface area contributed by atoms with Gasteiger partial charge in [0.05, 0.1) is 6.04 Å². The van der Waals surface area contributed by atoms with E-state index in [0.29, 0.717) is 12.2 Å². The third-order valence-electron chi connectivity index (χ3n) is 3.39. The minimum atomic E-state index is 0.0460. The molecule has 1 fully saturated rings. The topological polar surface area (TPSA) is 56.0 Å². The lowest BCUT2D eigenvalue weighted by Gasteiger charge is -2.16. The van der Waals surface area contributed by atoms with Crippen LogP contribution in [0.3, 0.4) is 0 Å². The van der Waals surface area contributed by atoms with Crippen molar-refractivity contribution in [1.82, 2.24) is 24.5 Å². The number of hydrogen-bond acceptors (Lipinski definition) is 3. The summed E-state index contributed by atoms with van der Waals surface area (Å²) in [5.41, 5.74) is 0.635. The summed E-state index contributed by atoms with van der Waals surface area (Å²) in [6, 6.07) is 3.95. The van der Waals surface area contributed by atoms with E-state index in [-0.39, 0.29) is 11.9 Å². The van der Waals surface area contributed by atoms with Gasteiger partial charge in [-0.1, -0.05) is 0 Å². The predicted molar refractivity (Wildman–Crippen MR) is 65.0 cm³/mol. The first-order chi connectivity index (χ1) is 8.75. The highest BCUT2D eigenvalue weighted by Crippen LogP contribution is 2.22. The van der Waals surface area contributed by atoms with Gasteiger partial charge in [-0.15, -0.1) is 0 Å². The molecule has 1 atom stereocenters. The van der Waals surface area contributed by atoms with E-state index >= 15 is 0 Å². The fourth-order valence-corrected chi connectivity index (χ4v) is 2.38. The zero-order valence-corrected chi connectivity index (χ0v) is 10.2. The maximum atomic E-state index is 12.3. The molecule has 0 aliphatic carbocycles. The zero-order valence-electron chi connectivity index (χ0n) is 10.2. The van der Waals surface area contributed by atoms with E-state index in [4.69, 9.17) is 0 Å². The van der Waals surface area contributed by atoms with Crippen LogP contribution in [-0.4, -0.2) is 43.5 Å². The zero-order chi connectivity index (χ0) is 12.5. The molecule has 0 bridgehead atoms. The third kappa shape index (κ3) is 1.79. The van der Waals surface area contributed by atoms with Crippen LogP contribution in [0.2, 0.25) is 0 Å². The molecule has 0 aromatic carbocycles. The van der Waals surface area contributed by atoms with Crippen molar-refractivity contribution in [2.24, 2.45) is 7.05 Å². The van der Waals surface area contributed by atoms with Crippen LogP contribution >= 0.6 is 0 Å². The van der Waals surface area contributed by atoms with Crippen LogP contribution in [-0.2, 0) is 7.05 Å². The first kappa shape index (κ1) is 11.0. The monoisotopic (exact) mass is 245 g/mol. The summed E-state index contributed by atoms with van der Waals surface area (Å²) in [6.07, 6.45) is 6.31. The standard InChI is InChI=1S/C12H15N5O/c1-15-11(3-6-13-15)12(18)16-8-4-10(9-16)17-7-2-5-14-17/h2-3,5-7,10H,4,8-9H2,1H3. The fourth-order valence-electron chi connectivity index (χ4n) is 2.38. The van der Waals surface area contributed by atoms with E-state index in [0.717, 1.165) is 13.0 Å². The number of hydrogen-bond donors (Lipinski definition) is 0. The molecule has 2 aromatic heterocycles. The van der Waals surface area contributed by atoms with Crippen molar-refractivity contribution in [2.75, 3.05) is 13.1 Å². The molecular formula is C12H15N5O. The summed E-state index contributed by atoms with van der Waals surface area (Å²) in [5.74, 6) is 0.0460. The maximum absolute atomic E-state index is 12.3. The van der Waals surface area contributed by atoms with Crippen LogP contribution in [0.15, 0.2) is 30.7 Å². The largest absolute Gasteiger partial charge is 0.335 e. The Morgan fingerprint density at radius 2 is 2.28 bits per heavy atom. The number of carbonyl (C=O) groups excluding carboxylic acids is 1. The number of carbonyl (C=O) groups is 1. The molecule has 0 radical (unpaired) electrons. The van der Waals surface area contributed by atoms with Crippen molar-refractivity contribution >= 4 is 5.91 Å². The molecule has 3 heterocycles. The molecule has 6 heteroatoms. The van der Waals surface area contributed by atoms with Crippen molar-refractivity contribution in [3.63, 3.8) is 0 Å². The molecule has 2 aromatic rings. The summed E-state index contributed by atoms with van der Waals surface area (Å²) in [7, 11) is 1.79. The van der Waals surface area contributed by atoms with Gasteiger partial charge in [-0.05, 0) is 18.6 Å². The molecule has 1 amide bonds. The lowest BCUT2D eigenvalue weighted by Crippen LogP contribution is -2.30. The number of nitrogens with zero attached hydrogens (tertiary/aromatic N) is 5. The van der Waals surface area contributed by atoms with E-state index in [2.05, 4.69) is 10.2 Å². The lowest BCUT2D eigenvalue weighted by molar-refractivity contribution is 0.0776. The molecule has 1 aliphatic heterocycles. The highest BCUT2D eigenvalue weighted by atomic mass is 16.2. The summed E-state index contributed by atoms with van der Waals surface area (Å²) in [4.78, 5) is 14.1. The Morgan fingerprint density at radius 3 is 2.94 bits per heavy atom. The molecule has 1 unspecified atom stereocenters. The van der Waals surface area contributed by atoms with Crippen molar-refractivity contribution in [3.8, 4) is 0 Å². The van der Waals surface area contributed by atoms with E-state index in [9.17, 15) is 4.79 Å². The van der Waals surface area contributed by atoms with Crippen LogP contribution in [0.4, 0.5) is 0 Å². The van der Waals surface area contributed by atoms with Crippen molar-refractivity contribution in [2.45, 2.75) is 12.5 Å². The first-order valence-electron chi connectivity index (χ1n) is 6.02. The second kappa shape index (κ2) is 4.29. The van der Waals surface area contributed by atoms with Crippen LogP contribution in [0.25, 0.3) is 0 Å². The van der Waals surface area contributed by atoms with Gasteiger partial charge in [-0.2, -0.15) is 10.2 Å². The van der Waals surface area contributed by atoms with Gasteiger partial charge in [0.15, 0.2) is 0 Å². The molecule has 1 aliphatic rings. The third-order valence-corrected chi connectivity index (χ3v) is 3.39. The van der Waals surface area contributed by atoms with Gasteiger partial charge in [-0.3, -0.25) is 14.2 Å². The highest BCUT2D eigenvalue weighted by molar-refractivity contribution is 5.92. The molecule has 18 heavy (non-hydrogen) atoms. The Labute approximate surface area is 105 Å². The average molecular weight is 245 g/mol. The van der Waals surface area contributed by atoms with E-state index < -0.39 is 0 Å². The van der Waals surface area contributed by atoms with Crippen LogP contribution in [0.1, 0.15) is 23.0 Å². The SMILES string of the molecule is Cn1nccc1C(=O)N1CCC(n2cccn2)C1. The number of aromatic nitrogens is 4. The fraction of sp³-hybridized carbons (Fsp3) is 0.417. The number of likely N-dealkylation sites (tertiary alicyclic amines) is 1. The minimum Gasteiger partial charge on any atom is -0.335 e. The Kier molecular flexibility index (Phi) is 2.62. The summed E-state index contributed by atoms with van der Waals surface area (Å²) in [6.45, 7) is 1.49. The quantitative estimate of drug-likeness (QED) is 0.782. The summed E-state index contributed by atoms with van der Waals surface area (Å²) >= 11 is 0. The smallest absolute Gasteiger partial charge is 0.272 e. The summed E-state index contributed by atoms with van der Waals surface area (Å²) in [5, 5.41) is 8.26. The van der Waals surface area contributed by atoms with Crippen molar-refractivity contribution in [3.05, 3.63) is 36.4 Å². The molecule has 0 N–H and O–H groups in total. The van der Waals surface area contributed by atoms with Gasteiger partial charge in [0, 0.05) is 38.7 Å². The van der Waals surface area contributed by atoms with Crippen LogP contribution in [0.5, 0.6) is 0 Å². The predicted octanol–water partition coefficient (Wildman–Crippen LogP) is 0.704. The minimum absolute atomic E-state index is 0.0460. The Balaban J connectivity index is 1.73. The molecule has 3 rings (SSSR count). The van der Waals surface area contributed by atoms with E-state index in [1.54, 1.807) is 30.2 Å². The van der Waals surface area contributed by atoms with Crippen LogP contribution in [0, 0.1) is 0 Å².